The number of piperidine rings is 1. The smallest absolute Gasteiger partial charge is 0.148 e. The summed E-state index contributed by atoms with van der Waals surface area (Å²) in [5.41, 5.74) is 6.05. The number of anilines is 1. The molecule has 0 bridgehead atoms. The lowest BCUT2D eigenvalue weighted by Gasteiger charge is -2.32. The Labute approximate surface area is 106 Å². The highest BCUT2D eigenvalue weighted by Gasteiger charge is 2.20. The lowest BCUT2D eigenvalue weighted by molar-refractivity contribution is 0.436. The van der Waals surface area contributed by atoms with Gasteiger partial charge in [0.2, 0.25) is 0 Å². The molecular formula is C12H17ClN4. The first kappa shape index (κ1) is 12.2. The molecule has 4 nitrogen and oxygen atoms in total. The zero-order valence-corrected chi connectivity index (χ0v) is 10.7. The van der Waals surface area contributed by atoms with Gasteiger partial charge in [-0.1, -0.05) is 18.5 Å². The van der Waals surface area contributed by atoms with Crippen LogP contribution in [0.3, 0.4) is 0 Å². The largest absolute Gasteiger partial charge is 0.384 e. The van der Waals surface area contributed by atoms with Crippen LogP contribution in [0.1, 0.15) is 25.3 Å². The van der Waals surface area contributed by atoms with Crippen LogP contribution in [0.15, 0.2) is 12.3 Å². The molecule has 0 aliphatic carbocycles. The van der Waals surface area contributed by atoms with Crippen molar-refractivity contribution in [3.63, 3.8) is 0 Å². The summed E-state index contributed by atoms with van der Waals surface area (Å²) < 4.78 is 0. The molecule has 1 aliphatic rings. The van der Waals surface area contributed by atoms with Crippen molar-refractivity contribution in [2.75, 3.05) is 18.0 Å². The lowest BCUT2D eigenvalue weighted by atomic mass is 9.99. The third kappa shape index (κ3) is 2.52. The van der Waals surface area contributed by atoms with Crippen LogP contribution in [-0.2, 0) is 0 Å². The summed E-state index contributed by atoms with van der Waals surface area (Å²) in [6.45, 7) is 4.20. The summed E-state index contributed by atoms with van der Waals surface area (Å²) in [6, 6.07) is 1.68. The first-order valence-corrected chi connectivity index (χ1v) is 6.21. The van der Waals surface area contributed by atoms with E-state index >= 15 is 0 Å². The molecule has 92 valence electrons. The van der Waals surface area contributed by atoms with Crippen LogP contribution in [0, 0.1) is 11.3 Å². The molecule has 2 rings (SSSR count). The zero-order chi connectivity index (χ0) is 12.4. The summed E-state index contributed by atoms with van der Waals surface area (Å²) in [5, 5.41) is 7.96. The normalized spacial score (nSPS) is 17.2. The van der Waals surface area contributed by atoms with Gasteiger partial charge in [0.1, 0.15) is 11.7 Å². The lowest BCUT2D eigenvalue weighted by Crippen LogP contribution is -2.34. The van der Waals surface area contributed by atoms with Crippen LogP contribution in [0.25, 0.3) is 0 Å². The van der Waals surface area contributed by atoms with Crippen LogP contribution in [0.2, 0.25) is 5.02 Å². The van der Waals surface area contributed by atoms with Gasteiger partial charge in [-0.05, 0) is 24.8 Å². The maximum Gasteiger partial charge on any atom is 0.148 e. The Morgan fingerprint density at radius 2 is 2.18 bits per heavy atom. The summed E-state index contributed by atoms with van der Waals surface area (Å²) in [7, 11) is 0. The minimum Gasteiger partial charge on any atom is -0.384 e. The van der Waals surface area contributed by atoms with Crippen molar-refractivity contribution >= 4 is 23.3 Å². The maximum absolute atomic E-state index is 7.47. The molecule has 17 heavy (non-hydrogen) atoms. The van der Waals surface area contributed by atoms with E-state index in [2.05, 4.69) is 16.8 Å². The van der Waals surface area contributed by atoms with E-state index in [4.69, 9.17) is 22.7 Å². The number of hydrogen-bond donors (Lipinski definition) is 2. The average molecular weight is 253 g/mol. The molecule has 5 heteroatoms. The fraction of sp³-hybridized carbons (Fsp3) is 0.500. The molecule has 0 saturated carbocycles. The van der Waals surface area contributed by atoms with E-state index in [0.717, 1.165) is 37.7 Å². The van der Waals surface area contributed by atoms with E-state index < -0.39 is 0 Å². The minimum atomic E-state index is -0.0102. The Balaban J connectivity index is 2.27. The summed E-state index contributed by atoms with van der Waals surface area (Å²) in [6.07, 6.45) is 3.97. The number of halogens is 1. The summed E-state index contributed by atoms with van der Waals surface area (Å²) >= 11 is 6.25. The summed E-state index contributed by atoms with van der Waals surface area (Å²) in [4.78, 5) is 6.49. The Morgan fingerprint density at radius 3 is 2.76 bits per heavy atom. The summed E-state index contributed by atoms with van der Waals surface area (Å²) in [5.74, 6) is 1.51. The van der Waals surface area contributed by atoms with Crippen LogP contribution < -0.4 is 10.6 Å². The van der Waals surface area contributed by atoms with Crippen molar-refractivity contribution in [3.8, 4) is 0 Å². The van der Waals surface area contributed by atoms with Crippen molar-refractivity contribution < 1.29 is 0 Å². The molecule has 0 spiro atoms. The van der Waals surface area contributed by atoms with Gasteiger partial charge < -0.3 is 10.6 Å². The second-order valence-corrected chi connectivity index (χ2v) is 4.96. The van der Waals surface area contributed by atoms with Crippen molar-refractivity contribution in [3.05, 3.63) is 22.8 Å². The van der Waals surface area contributed by atoms with Gasteiger partial charge in [-0.2, -0.15) is 0 Å². The second-order valence-electron chi connectivity index (χ2n) is 4.58. The van der Waals surface area contributed by atoms with E-state index in [0.29, 0.717) is 10.6 Å². The monoisotopic (exact) mass is 252 g/mol. The second kappa shape index (κ2) is 4.92. The Bertz CT molecular complexity index is 425. The molecule has 0 aromatic carbocycles. The quantitative estimate of drug-likeness (QED) is 0.627. The zero-order valence-electron chi connectivity index (χ0n) is 9.91. The molecule has 1 aromatic heterocycles. The van der Waals surface area contributed by atoms with E-state index in [9.17, 15) is 0 Å². The van der Waals surface area contributed by atoms with E-state index in [-0.39, 0.29) is 5.84 Å². The number of amidine groups is 1. The molecule has 0 amide bonds. The van der Waals surface area contributed by atoms with Gasteiger partial charge in [0.05, 0.1) is 5.02 Å². The number of hydrogen-bond acceptors (Lipinski definition) is 3. The van der Waals surface area contributed by atoms with E-state index in [1.165, 1.54) is 0 Å². The third-order valence-corrected chi connectivity index (χ3v) is 3.62. The highest BCUT2D eigenvalue weighted by molar-refractivity contribution is 6.36. The Morgan fingerprint density at radius 1 is 1.53 bits per heavy atom. The maximum atomic E-state index is 7.47. The van der Waals surface area contributed by atoms with E-state index in [1.54, 1.807) is 12.3 Å². The predicted molar refractivity (Wildman–Crippen MR) is 70.9 cm³/mol. The molecule has 0 atom stereocenters. The van der Waals surface area contributed by atoms with Crippen LogP contribution in [0.4, 0.5) is 5.82 Å². The molecule has 1 aromatic rings. The van der Waals surface area contributed by atoms with Gasteiger partial charge in [-0.3, -0.25) is 5.41 Å². The van der Waals surface area contributed by atoms with Crippen LogP contribution in [0.5, 0.6) is 0 Å². The fourth-order valence-electron chi connectivity index (χ4n) is 2.08. The van der Waals surface area contributed by atoms with Crippen molar-refractivity contribution in [1.29, 1.82) is 5.41 Å². The van der Waals surface area contributed by atoms with Crippen molar-refractivity contribution in [1.82, 2.24) is 4.98 Å². The molecule has 1 saturated heterocycles. The van der Waals surface area contributed by atoms with E-state index in [1.807, 2.05) is 0 Å². The number of nitrogens with two attached hydrogens (primary N) is 1. The molecule has 0 unspecified atom stereocenters. The molecular weight excluding hydrogens is 236 g/mol. The fourth-order valence-corrected chi connectivity index (χ4v) is 2.41. The molecule has 2 heterocycles. The van der Waals surface area contributed by atoms with Gasteiger partial charge >= 0.3 is 0 Å². The number of nitrogen functional groups attached to an aromatic ring is 1. The SMILES string of the molecule is CC1CCN(c2nccc(C(=N)N)c2Cl)CC1. The first-order chi connectivity index (χ1) is 8.09. The van der Waals surface area contributed by atoms with Crippen molar-refractivity contribution in [2.24, 2.45) is 11.7 Å². The Kier molecular flexibility index (Phi) is 3.52. The first-order valence-electron chi connectivity index (χ1n) is 5.83. The standard InChI is InChI=1S/C12H17ClN4/c1-8-3-6-17(7-4-8)12-10(13)9(11(14)15)2-5-16-12/h2,5,8H,3-4,6-7H2,1H3,(H3,14,15). The highest BCUT2D eigenvalue weighted by Crippen LogP contribution is 2.29. The van der Waals surface area contributed by atoms with Gasteiger partial charge in [-0.15, -0.1) is 0 Å². The van der Waals surface area contributed by atoms with Crippen LogP contribution in [-0.4, -0.2) is 23.9 Å². The van der Waals surface area contributed by atoms with Gasteiger partial charge in [-0.25, -0.2) is 4.98 Å². The van der Waals surface area contributed by atoms with Gasteiger partial charge in [0.15, 0.2) is 0 Å². The number of nitrogens with one attached hydrogen (secondary N) is 1. The molecule has 3 N–H and O–H groups in total. The Hall–Kier alpha value is -1.29. The van der Waals surface area contributed by atoms with Gasteiger partial charge in [0, 0.05) is 24.8 Å². The number of pyridine rings is 1. The molecule has 1 fully saturated rings. The number of nitrogens with zero attached hydrogens (tertiary/aromatic N) is 2. The highest BCUT2D eigenvalue weighted by atomic mass is 35.5. The van der Waals surface area contributed by atoms with Crippen LogP contribution >= 0.6 is 11.6 Å². The minimum absolute atomic E-state index is 0.0102. The topological polar surface area (TPSA) is 66.0 Å². The average Bonchev–Trinajstić information content (AvgIpc) is 2.30. The van der Waals surface area contributed by atoms with Crippen molar-refractivity contribution in [2.45, 2.75) is 19.8 Å². The predicted octanol–water partition coefficient (Wildman–Crippen LogP) is 2.26. The molecule has 0 radical (unpaired) electrons. The van der Waals surface area contributed by atoms with Gasteiger partial charge in [0.25, 0.3) is 0 Å². The number of aromatic nitrogens is 1. The molecule has 1 aliphatic heterocycles. The number of rotatable bonds is 2. The third-order valence-electron chi connectivity index (χ3n) is 3.24.